The molecule has 1 aliphatic carbocycles. The van der Waals surface area contributed by atoms with Crippen LogP contribution < -0.4 is 0 Å². The van der Waals surface area contributed by atoms with Crippen LogP contribution in [0.1, 0.15) is 39.7 Å². The van der Waals surface area contributed by atoms with Gasteiger partial charge in [0.15, 0.2) is 5.78 Å². The first-order valence-electron chi connectivity index (χ1n) is 8.78. The molecule has 0 spiro atoms. The molecule has 130 valence electrons. The van der Waals surface area contributed by atoms with Gasteiger partial charge < -0.3 is 5.11 Å². The summed E-state index contributed by atoms with van der Waals surface area (Å²) in [5.74, 6) is 0.145. The number of carbonyl (C=O) groups is 1. The molecule has 0 amide bonds. The number of hydrogen-bond donors (Lipinski definition) is 1. The molecule has 0 radical (unpaired) electrons. The Morgan fingerprint density at radius 3 is 2.27 bits per heavy atom. The third kappa shape index (κ3) is 2.91. The van der Waals surface area contributed by atoms with Crippen molar-refractivity contribution >= 4 is 17.4 Å². The number of ketones is 1. The number of para-hydroxylation sites is 1. The molecule has 3 aromatic rings. The molecule has 0 saturated heterocycles. The Bertz CT molecular complexity index is 936. The fourth-order valence-electron chi connectivity index (χ4n) is 4.04. The molecule has 3 aromatic carbocycles. The molecule has 0 bridgehead atoms. The van der Waals surface area contributed by atoms with Crippen LogP contribution in [0.3, 0.4) is 0 Å². The van der Waals surface area contributed by atoms with Crippen molar-refractivity contribution < 1.29 is 9.90 Å². The Balaban J connectivity index is 1.71. The smallest absolute Gasteiger partial charge is 0.170 e. The normalized spacial score (nSPS) is 21.8. The second-order valence-electron chi connectivity index (χ2n) is 6.79. The highest BCUT2D eigenvalue weighted by Gasteiger charge is 2.47. The zero-order valence-electron chi connectivity index (χ0n) is 14.2. The molecule has 3 atom stereocenters. The molecule has 0 heterocycles. The van der Waals surface area contributed by atoms with Crippen LogP contribution in [0.4, 0.5) is 0 Å². The second-order valence-corrected chi connectivity index (χ2v) is 7.20. The van der Waals surface area contributed by atoms with E-state index in [-0.39, 0.29) is 29.3 Å². The standard InChI is InChI=1S/C23H19ClO2/c24-20-12-6-4-10-16(20)18-14-19(22(18)15-8-2-1-3-9-15)23(26)17-11-5-7-13-21(17)25/h1-13,18-19,22,25H,14H2/t18-,19?,22-/m1/s1. The van der Waals surface area contributed by atoms with Gasteiger partial charge in [-0.1, -0.05) is 72.3 Å². The summed E-state index contributed by atoms with van der Waals surface area (Å²) < 4.78 is 0. The number of hydrogen-bond acceptors (Lipinski definition) is 2. The van der Waals surface area contributed by atoms with Crippen LogP contribution in [-0.4, -0.2) is 10.9 Å². The van der Waals surface area contributed by atoms with Crippen molar-refractivity contribution in [1.82, 2.24) is 0 Å². The van der Waals surface area contributed by atoms with E-state index < -0.39 is 0 Å². The summed E-state index contributed by atoms with van der Waals surface area (Å²) >= 11 is 6.43. The van der Waals surface area contributed by atoms with Gasteiger partial charge in [-0.25, -0.2) is 0 Å². The highest BCUT2D eigenvalue weighted by atomic mass is 35.5. The Hall–Kier alpha value is -2.58. The number of phenols is 1. The number of benzene rings is 3. The summed E-state index contributed by atoms with van der Waals surface area (Å²) in [5, 5.41) is 10.8. The van der Waals surface area contributed by atoms with Crippen LogP contribution >= 0.6 is 11.6 Å². The van der Waals surface area contributed by atoms with Crippen molar-refractivity contribution in [2.45, 2.75) is 18.3 Å². The maximum Gasteiger partial charge on any atom is 0.170 e. The van der Waals surface area contributed by atoms with E-state index in [1.165, 1.54) is 0 Å². The molecule has 1 aliphatic rings. The van der Waals surface area contributed by atoms with Crippen LogP contribution in [0.25, 0.3) is 0 Å². The Kier molecular flexibility index (Phi) is 4.52. The fourth-order valence-corrected chi connectivity index (χ4v) is 4.32. The predicted molar refractivity (Wildman–Crippen MR) is 104 cm³/mol. The number of halogens is 1. The van der Waals surface area contributed by atoms with E-state index in [9.17, 15) is 9.90 Å². The maximum absolute atomic E-state index is 13.1. The third-order valence-corrected chi connectivity index (χ3v) is 5.71. The molecule has 4 rings (SSSR count). The van der Waals surface area contributed by atoms with E-state index in [0.29, 0.717) is 5.56 Å². The van der Waals surface area contributed by atoms with Gasteiger partial charge in [0, 0.05) is 16.9 Å². The SMILES string of the molecule is O=C(c1ccccc1O)C1C[C@H](c2ccccc2Cl)[C@H]1c1ccccc1. The van der Waals surface area contributed by atoms with Gasteiger partial charge in [0.1, 0.15) is 5.75 Å². The molecule has 3 heteroatoms. The first kappa shape index (κ1) is 16.9. The number of carbonyl (C=O) groups excluding carboxylic acids is 1. The van der Waals surface area contributed by atoms with Gasteiger partial charge in [-0.15, -0.1) is 0 Å². The van der Waals surface area contributed by atoms with E-state index in [1.54, 1.807) is 24.3 Å². The third-order valence-electron chi connectivity index (χ3n) is 5.37. The number of aromatic hydroxyl groups is 1. The minimum absolute atomic E-state index is 0.000238. The van der Waals surface area contributed by atoms with Crippen LogP contribution in [0.15, 0.2) is 78.9 Å². The lowest BCUT2D eigenvalue weighted by Crippen LogP contribution is -2.38. The Morgan fingerprint density at radius 1 is 0.885 bits per heavy atom. The first-order chi connectivity index (χ1) is 12.7. The summed E-state index contributed by atoms with van der Waals surface area (Å²) in [7, 11) is 0. The molecule has 0 aliphatic heterocycles. The number of phenolic OH excluding ortho intramolecular Hbond substituents is 1. The van der Waals surface area contributed by atoms with E-state index in [4.69, 9.17) is 11.6 Å². The quantitative estimate of drug-likeness (QED) is 0.594. The monoisotopic (exact) mass is 362 g/mol. The fraction of sp³-hybridized carbons (Fsp3) is 0.174. The van der Waals surface area contributed by atoms with E-state index >= 15 is 0 Å². The maximum atomic E-state index is 13.1. The molecule has 0 aromatic heterocycles. The van der Waals surface area contributed by atoms with Crippen molar-refractivity contribution in [3.8, 4) is 5.75 Å². The summed E-state index contributed by atoms with van der Waals surface area (Å²) in [6, 6.07) is 24.7. The minimum Gasteiger partial charge on any atom is -0.507 e. The van der Waals surface area contributed by atoms with Gasteiger partial charge in [-0.3, -0.25) is 4.79 Å². The molecule has 2 nitrogen and oxygen atoms in total. The average Bonchev–Trinajstić information content (AvgIpc) is 2.63. The lowest BCUT2D eigenvalue weighted by atomic mass is 9.57. The Morgan fingerprint density at radius 2 is 1.54 bits per heavy atom. The van der Waals surface area contributed by atoms with Crippen molar-refractivity contribution in [3.63, 3.8) is 0 Å². The van der Waals surface area contributed by atoms with Gasteiger partial charge in [-0.05, 0) is 41.7 Å². The minimum atomic E-state index is -0.160. The van der Waals surface area contributed by atoms with Crippen LogP contribution in [0, 0.1) is 5.92 Å². The van der Waals surface area contributed by atoms with Gasteiger partial charge in [0.2, 0.25) is 0 Å². The molecular weight excluding hydrogens is 344 g/mol. The molecule has 26 heavy (non-hydrogen) atoms. The van der Waals surface area contributed by atoms with Crippen LogP contribution in [0.5, 0.6) is 5.75 Å². The van der Waals surface area contributed by atoms with Crippen LogP contribution in [0.2, 0.25) is 5.02 Å². The van der Waals surface area contributed by atoms with E-state index in [2.05, 4.69) is 12.1 Å². The summed E-state index contributed by atoms with van der Waals surface area (Å²) in [6.45, 7) is 0. The van der Waals surface area contributed by atoms with Gasteiger partial charge in [-0.2, -0.15) is 0 Å². The van der Waals surface area contributed by atoms with Crippen molar-refractivity contribution in [2.24, 2.45) is 5.92 Å². The van der Waals surface area contributed by atoms with Crippen molar-refractivity contribution in [3.05, 3.63) is 101 Å². The van der Waals surface area contributed by atoms with Gasteiger partial charge in [0.25, 0.3) is 0 Å². The number of rotatable bonds is 4. The van der Waals surface area contributed by atoms with Crippen molar-refractivity contribution in [1.29, 1.82) is 0 Å². The molecule has 1 N–H and O–H groups in total. The largest absolute Gasteiger partial charge is 0.507 e. The van der Waals surface area contributed by atoms with Gasteiger partial charge in [0.05, 0.1) is 5.56 Å². The lowest BCUT2D eigenvalue weighted by Gasteiger charge is -2.45. The highest BCUT2D eigenvalue weighted by molar-refractivity contribution is 6.31. The van der Waals surface area contributed by atoms with Gasteiger partial charge >= 0.3 is 0 Å². The second kappa shape index (κ2) is 6.97. The highest BCUT2D eigenvalue weighted by Crippen LogP contribution is 2.55. The summed E-state index contributed by atoms with van der Waals surface area (Å²) in [5.41, 5.74) is 2.62. The summed E-state index contributed by atoms with van der Waals surface area (Å²) in [4.78, 5) is 13.1. The first-order valence-corrected chi connectivity index (χ1v) is 9.16. The van der Waals surface area contributed by atoms with Crippen LogP contribution in [-0.2, 0) is 0 Å². The van der Waals surface area contributed by atoms with E-state index in [1.807, 2.05) is 42.5 Å². The topological polar surface area (TPSA) is 37.3 Å². The average molecular weight is 363 g/mol. The number of Topliss-reactive ketones (excluding diaryl/α,β-unsaturated/α-hetero) is 1. The molecule has 1 saturated carbocycles. The Labute approximate surface area is 158 Å². The molecule has 1 fully saturated rings. The van der Waals surface area contributed by atoms with E-state index in [0.717, 1.165) is 22.6 Å². The molecule has 1 unspecified atom stereocenters. The lowest BCUT2D eigenvalue weighted by molar-refractivity contribution is 0.0778. The van der Waals surface area contributed by atoms with Crippen molar-refractivity contribution in [2.75, 3.05) is 0 Å². The zero-order chi connectivity index (χ0) is 18.1. The molecular formula is C23H19ClO2. The zero-order valence-corrected chi connectivity index (χ0v) is 14.9. The predicted octanol–water partition coefficient (Wildman–Crippen LogP) is 5.82. The summed E-state index contributed by atoms with van der Waals surface area (Å²) in [6.07, 6.45) is 0.733.